The van der Waals surface area contributed by atoms with E-state index in [0.717, 1.165) is 5.56 Å². The van der Waals surface area contributed by atoms with Crippen LogP contribution in [0.3, 0.4) is 0 Å². The number of alkyl halides is 2. The molecule has 0 spiro atoms. The first kappa shape index (κ1) is 13.7. The van der Waals surface area contributed by atoms with E-state index in [-0.39, 0.29) is 31.0 Å². The largest absolute Gasteiger partial charge is 0.399 e. The summed E-state index contributed by atoms with van der Waals surface area (Å²) >= 11 is 0. The minimum absolute atomic E-state index is 0.0907. The summed E-state index contributed by atoms with van der Waals surface area (Å²) in [4.78, 5) is 11.7. The van der Waals surface area contributed by atoms with Crippen LogP contribution in [0, 0.1) is 5.92 Å². The van der Waals surface area contributed by atoms with Gasteiger partial charge in [-0.2, -0.15) is 0 Å². The molecule has 0 radical (unpaired) electrons. The molecule has 2 rings (SSSR count). The zero-order valence-electron chi connectivity index (χ0n) is 10.6. The van der Waals surface area contributed by atoms with E-state index in [1.165, 1.54) is 6.08 Å². The summed E-state index contributed by atoms with van der Waals surface area (Å²) < 4.78 is 26.0. The van der Waals surface area contributed by atoms with E-state index < -0.39 is 5.92 Å². The summed E-state index contributed by atoms with van der Waals surface area (Å²) in [6, 6.07) is 7.12. The van der Waals surface area contributed by atoms with Crippen molar-refractivity contribution in [2.75, 3.05) is 5.73 Å². The third-order valence-electron chi connectivity index (χ3n) is 3.39. The van der Waals surface area contributed by atoms with E-state index in [0.29, 0.717) is 12.1 Å². The Balaban J connectivity index is 1.86. The molecule has 0 aliphatic heterocycles. The van der Waals surface area contributed by atoms with E-state index in [1.807, 2.05) is 12.1 Å². The predicted molar refractivity (Wildman–Crippen MR) is 71.8 cm³/mol. The van der Waals surface area contributed by atoms with Gasteiger partial charge < -0.3 is 5.73 Å². The highest BCUT2D eigenvalue weighted by Gasteiger charge is 2.39. The summed E-state index contributed by atoms with van der Waals surface area (Å²) in [5.74, 6) is -2.86. The van der Waals surface area contributed by atoms with Gasteiger partial charge in [0.2, 0.25) is 5.92 Å². The van der Waals surface area contributed by atoms with Crippen LogP contribution in [0.5, 0.6) is 0 Å². The number of carbonyl (C=O) groups is 1. The van der Waals surface area contributed by atoms with Gasteiger partial charge in [-0.05, 0) is 36.1 Å². The zero-order chi connectivity index (χ0) is 13.9. The second-order valence-corrected chi connectivity index (χ2v) is 5.14. The number of hydrogen-bond acceptors (Lipinski definition) is 2. The molecule has 1 aliphatic rings. The van der Waals surface area contributed by atoms with Gasteiger partial charge in [0.05, 0.1) is 0 Å². The van der Waals surface area contributed by atoms with E-state index in [1.54, 1.807) is 18.2 Å². The predicted octanol–water partition coefficient (Wildman–Crippen LogP) is 3.68. The lowest BCUT2D eigenvalue weighted by Crippen LogP contribution is -2.11. The molecule has 0 saturated heterocycles. The summed E-state index contributed by atoms with van der Waals surface area (Å²) in [5, 5.41) is 0. The Labute approximate surface area is 111 Å². The molecule has 0 bridgehead atoms. The molecule has 2 nitrogen and oxygen atoms in total. The Morgan fingerprint density at radius 2 is 2.05 bits per heavy atom. The van der Waals surface area contributed by atoms with Gasteiger partial charge in [0.25, 0.3) is 0 Å². The van der Waals surface area contributed by atoms with Gasteiger partial charge in [0, 0.05) is 24.9 Å². The summed E-state index contributed by atoms with van der Waals surface area (Å²) in [5.41, 5.74) is 7.09. The van der Waals surface area contributed by atoms with Crippen LogP contribution in [0.2, 0.25) is 0 Å². The van der Waals surface area contributed by atoms with Crippen molar-refractivity contribution in [3.05, 3.63) is 35.9 Å². The van der Waals surface area contributed by atoms with Crippen LogP contribution >= 0.6 is 0 Å². The number of nitrogen functional groups attached to an aromatic ring is 1. The number of allylic oxidation sites excluding steroid dienone is 1. The van der Waals surface area contributed by atoms with Crippen molar-refractivity contribution in [2.24, 2.45) is 5.92 Å². The van der Waals surface area contributed by atoms with Gasteiger partial charge >= 0.3 is 0 Å². The maximum Gasteiger partial charge on any atom is 0.248 e. The number of benzene rings is 1. The van der Waals surface area contributed by atoms with Crippen molar-refractivity contribution in [3.63, 3.8) is 0 Å². The average Bonchev–Trinajstić information content (AvgIpc) is 2.68. The number of anilines is 1. The fourth-order valence-corrected chi connectivity index (χ4v) is 2.36. The molecule has 0 aromatic heterocycles. The quantitative estimate of drug-likeness (QED) is 0.666. The Morgan fingerprint density at radius 1 is 1.37 bits per heavy atom. The molecule has 0 amide bonds. The third-order valence-corrected chi connectivity index (χ3v) is 3.39. The average molecular weight is 265 g/mol. The van der Waals surface area contributed by atoms with Gasteiger partial charge in [-0.3, -0.25) is 4.79 Å². The molecule has 2 N–H and O–H groups in total. The molecule has 1 aromatic carbocycles. The summed E-state index contributed by atoms with van der Waals surface area (Å²) in [7, 11) is 0. The van der Waals surface area contributed by atoms with Crippen molar-refractivity contribution >= 4 is 17.5 Å². The van der Waals surface area contributed by atoms with Crippen LogP contribution in [0.15, 0.2) is 30.3 Å². The molecular weight excluding hydrogens is 248 g/mol. The Hall–Kier alpha value is -1.71. The highest BCUT2D eigenvalue weighted by Crippen LogP contribution is 2.40. The Kier molecular flexibility index (Phi) is 3.98. The van der Waals surface area contributed by atoms with E-state index in [4.69, 9.17) is 5.73 Å². The van der Waals surface area contributed by atoms with Crippen LogP contribution in [0.4, 0.5) is 14.5 Å². The molecule has 102 valence electrons. The van der Waals surface area contributed by atoms with Crippen LogP contribution in [-0.4, -0.2) is 11.7 Å². The maximum atomic E-state index is 13.0. The lowest BCUT2D eigenvalue weighted by Gasteiger charge is -2.08. The highest BCUT2D eigenvalue weighted by atomic mass is 19.3. The SMILES string of the molecule is Nc1ccc(/C=C/C(=O)CC2CCC(F)(F)C2)cc1. The topological polar surface area (TPSA) is 43.1 Å². The molecule has 1 aromatic rings. The van der Waals surface area contributed by atoms with Crippen LogP contribution in [-0.2, 0) is 4.79 Å². The highest BCUT2D eigenvalue weighted by molar-refractivity contribution is 5.93. The number of ketones is 1. The maximum absolute atomic E-state index is 13.0. The zero-order valence-corrected chi connectivity index (χ0v) is 10.6. The van der Waals surface area contributed by atoms with E-state index >= 15 is 0 Å². The first-order chi connectivity index (χ1) is 8.94. The fraction of sp³-hybridized carbons (Fsp3) is 0.400. The second-order valence-electron chi connectivity index (χ2n) is 5.14. The van der Waals surface area contributed by atoms with E-state index in [9.17, 15) is 13.6 Å². The molecule has 19 heavy (non-hydrogen) atoms. The van der Waals surface area contributed by atoms with Crippen molar-refractivity contribution in [1.82, 2.24) is 0 Å². The molecular formula is C15H17F2NO. The first-order valence-electron chi connectivity index (χ1n) is 6.39. The van der Waals surface area contributed by atoms with E-state index in [2.05, 4.69) is 0 Å². The number of carbonyl (C=O) groups excluding carboxylic acids is 1. The minimum atomic E-state index is -2.58. The molecule has 1 aliphatic carbocycles. The third kappa shape index (κ3) is 4.16. The molecule has 4 heteroatoms. The molecule has 1 atom stereocenters. The Morgan fingerprint density at radius 3 is 2.63 bits per heavy atom. The number of nitrogens with two attached hydrogens (primary N) is 1. The fourth-order valence-electron chi connectivity index (χ4n) is 2.36. The lowest BCUT2D eigenvalue weighted by atomic mass is 10.0. The van der Waals surface area contributed by atoms with Crippen LogP contribution in [0.25, 0.3) is 6.08 Å². The number of hydrogen-bond donors (Lipinski definition) is 1. The standard InChI is InChI=1S/C15H17F2NO/c16-15(17)8-7-12(10-15)9-14(19)6-3-11-1-4-13(18)5-2-11/h1-6,12H,7-10,18H2/b6-3+. The number of rotatable bonds is 4. The van der Waals surface area contributed by atoms with Gasteiger partial charge in [0.15, 0.2) is 5.78 Å². The van der Waals surface area contributed by atoms with Gasteiger partial charge in [-0.25, -0.2) is 8.78 Å². The molecule has 1 unspecified atom stereocenters. The monoisotopic (exact) mass is 265 g/mol. The van der Waals surface area contributed by atoms with Crippen molar-refractivity contribution in [1.29, 1.82) is 0 Å². The molecule has 0 heterocycles. The smallest absolute Gasteiger partial charge is 0.248 e. The lowest BCUT2D eigenvalue weighted by molar-refractivity contribution is -0.115. The second kappa shape index (κ2) is 5.51. The van der Waals surface area contributed by atoms with Gasteiger partial charge in [0.1, 0.15) is 0 Å². The number of halogens is 2. The van der Waals surface area contributed by atoms with Gasteiger partial charge in [-0.1, -0.05) is 18.2 Å². The van der Waals surface area contributed by atoms with Gasteiger partial charge in [-0.15, -0.1) is 0 Å². The molecule has 1 fully saturated rings. The molecule has 1 saturated carbocycles. The van der Waals surface area contributed by atoms with Crippen molar-refractivity contribution in [3.8, 4) is 0 Å². The Bertz CT molecular complexity index is 479. The van der Waals surface area contributed by atoms with Crippen LogP contribution in [0.1, 0.15) is 31.2 Å². The van der Waals surface area contributed by atoms with Crippen LogP contribution < -0.4 is 5.73 Å². The summed E-state index contributed by atoms with van der Waals surface area (Å²) in [6.07, 6.45) is 3.55. The van der Waals surface area contributed by atoms with Crippen molar-refractivity contribution in [2.45, 2.75) is 31.6 Å². The first-order valence-corrected chi connectivity index (χ1v) is 6.39. The van der Waals surface area contributed by atoms with Crippen molar-refractivity contribution < 1.29 is 13.6 Å². The summed E-state index contributed by atoms with van der Waals surface area (Å²) in [6.45, 7) is 0. The minimum Gasteiger partial charge on any atom is -0.399 e. The normalized spacial score (nSPS) is 21.9.